The Balaban J connectivity index is 0.00000243. The van der Waals surface area contributed by atoms with Gasteiger partial charge in [0.15, 0.2) is 6.10 Å². The van der Waals surface area contributed by atoms with Gasteiger partial charge in [0.05, 0.1) is 0 Å². The average Bonchev–Trinajstić information content (AvgIpc) is 2.56. The Labute approximate surface area is 146 Å². The van der Waals surface area contributed by atoms with E-state index in [0.717, 1.165) is 0 Å². The van der Waals surface area contributed by atoms with Crippen molar-refractivity contribution in [2.45, 2.75) is 37.6 Å². The van der Waals surface area contributed by atoms with Crippen molar-refractivity contribution in [1.29, 1.82) is 0 Å². The molecule has 10 nitrogen and oxygen atoms in total. The van der Waals surface area contributed by atoms with E-state index >= 15 is 0 Å². The quantitative estimate of drug-likeness (QED) is 0.470. The highest BCUT2D eigenvalue weighted by atomic mass is 16.7. The van der Waals surface area contributed by atoms with E-state index in [0.29, 0.717) is 10.9 Å². The molecule has 5 atom stereocenters. The monoisotopic (exact) mass is 370 g/mol. The maximum absolute atomic E-state index is 11.6. The number of aliphatic hydroxyl groups excluding tert-OH is 3. The number of benzene rings is 1. The van der Waals surface area contributed by atoms with Crippen LogP contribution >= 0.6 is 0 Å². The summed E-state index contributed by atoms with van der Waals surface area (Å²) in [4.78, 5) is 22.7. The van der Waals surface area contributed by atoms with Crippen molar-refractivity contribution in [3.63, 3.8) is 0 Å². The summed E-state index contributed by atoms with van der Waals surface area (Å²) < 4.78 is 15.5. The third-order valence-electron chi connectivity index (χ3n) is 3.95. The molecular formula is C16H18O10. The molecule has 1 aromatic heterocycles. The number of rotatable bonds is 3. The van der Waals surface area contributed by atoms with E-state index in [2.05, 4.69) is 0 Å². The topological polar surface area (TPSA) is 178 Å². The van der Waals surface area contributed by atoms with Crippen LogP contribution in [0.2, 0.25) is 0 Å². The van der Waals surface area contributed by atoms with Crippen LogP contribution in [0.4, 0.5) is 0 Å². The zero-order chi connectivity index (χ0) is 18.3. The molecule has 0 amide bonds. The van der Waals surface area contributed by atoms with Gasteiger partial charge in [0.1, 0.15) is 29.6 Å². The fourth-order valence-corrected chi connectivity index (χ4v) is 2.55. The molecule has 1 unspecified atom stereocenters. The Morgan fingerprint density at radius 1 is 1.12 bits per heavy atom. The number of aliphatic carboxylic acids is 1. The first kappa shape index (κ1) is 19.8. The van der Waals surface area contributed by atoms with Crippen LogP contribution in [0.25, 0.3) is 11.0 Å². The van der Waals surface area contributed by atoms with Crippen molar-refractivity contribution in [1.82, 2.24) is 0 Å². The minimum Gasteiger partial charge on any atom is -0.479 e. The number of hydrogen-bond acceptors (Lipinski definition) is 8. The van der Waals surface area contributed by atoms with Crippen LogP contribution in [0.3, 0.4) is 0 Å². The lowest BCUT2D eigenvalue weighted by Gasteiger charge is -2.38. The van der Waals surface area contributed by atoms with Gasteiger partial charge in [-0.3, -0.25) is 0 Å². The van der Waals surface area contributed by atoms with Crippen LogP contribution in [0.5, 0.6) is 5.75 Å². The molecule has 142 valence electrons. The number of carboxylic acid groups (broad SMARTS) is 1. The lowest BCUT2D eigenvalue weighted by Crippen LogP contribution is -2.61. The molecule has 1 aromatic carbocycles. The van der Waals surface area contributed by atoms with Crippen LogP contribution in [-0.4, -0.2) is 62.6 Å². The Morgan fingerprint density at radius 3 is 2.46 bits per heavy atom. The first-order valence-electron chi connectivity index (χ1n) is 7.41. The van der Waals surface area contributed by atoms with E-state index in [1.165, 1.54) is 12.1 Å². The summed E-state index contributed by atoms with van der Waals surface area (Å²) in [6.45, 7) is 1.61. The van der Waals surface area contributed by atoms with Gasteiger partial charge in [0.2, 0.25) is 6.29 Å². The molecule has 2 heterocycles. The summed E-state index contributed by atoms with van der Waals surface area (Å²) in [5.41, 5.74) is 0.158. The molecule has 0 bridgehead atoms. The van der Waals surface area contributed by atoms with Crippen molar-refractivity contribution in [3.8, 4) is 5.75 Å². The fourth-order valence-electron chi connectivity index (χ4n) is 2.55. The highest BCUT2D eigenvalue weighted by molar-refractivity contribution is 5.78. The molecule has 0 spiro atoms. The number of aliphatic hydroxyl groups is 3. The molecule has 2 aromatic rings. The Kier molecular flexibility index (Phi) is 5.64. The summed E-state index contributed by atoms with van der Waals surface area (Å²) in [6, 6.07) is 6.12. The van der Waals surface area contributed by atoms with E-state index in [4.69, 9.17) is 19.0 Å². The Morgan fingerprint density at radius 2 is 1.81 bits per heavy atom. The first-order chi connectivity index (χ1) is 11.8. The highest BCUT2D eigenvalue weighted by Crippen LogP contribution is 2.26. The van der Waals surface area contributed by atoms with Crippen molar-refractivity contribution in [2.24, 2.45) is 0 Å². The van der Waals surface area contributed by atoms with Gasteiger partial charge in [0, 0.05) is 17.0 Å². The predicted molar refractivity (Wildman–Crippen MR) is 85.8 cm³/mol. The van der Waals surface area contributed by atoms with Crippen molar-refractivity contribution < 1.29 is 44.6 Å². The number of ether oxygens (including phenoxy) is 2. The SMILES string of the molecule is Cc1cc2ccc(OC3O[C@H](C(=O)O)[C@@H](O)[C@H](O)[C@H]3O)cc2oc1=O.O. The molecule has 26 heavy (non-hydrogen) atoms. The van der Waals surface area contributed by atoms with E-state index in [1.807, 2.05) is 0 Å². The average molecular weight is 370 g/mol. The third kappa shape index (κ3) is 3.54. The lowest BCUT2D eigenvalue weighted by atomic mass is 9.99. The van der Waals surface area contributed by atoms with Gasteiger partial charge < -0.3 is 39.8 Å². The van der Waals surface area contributed by atoms with Gasteiger partial charge in [-0.25, -0.2) is 9.59 Å². The van der Waals surface area contributed by atoms with E-state index < -0.39 is 42.3 Å². The van der Waals surface area contributed by atoms with E-state index in [9.17, 15) is 24.9 Å². The summed E-state index contributed by atoms with van der Waals surface area (Å²) in [5.74, 6) is -1.39. The zero-order valence-corrected chi connectivity index (χ0v) is 13.5. The lowest BCUT2D eigenvalue weighted by molar-refractivity contribution is -0.271. The fraction of sp³-hybridized carbons (Fsp3) is 0.375. The summed E-state index contributed by atoms with van der Waals surface area (Å²) in [7, 11) is 0. The highest BCUT2D eigenvalue weighted by Gasteiger charge is 2.48. The molecular weight excluding hydrogens is 352 g/mol. The standard InChI is InChI=1S/C16H16O9.H2O/c1-6-4-7-2-3-8(5-9(7)24-15(6)22)23-16-12(19)10(17)11(18)13(25-16)14(20)21;/h2-5,10-13,16-19H,1H3,(H,20,21);1H2/t10-,11-,12+,13-,16?;/m0./s1. The van der Waals surface area contributed by atoms with Gasteiger partial charge >= 0.3 is 11.6 Å². The second-order valence-corrected chi connectivity index (χ2v) is 5.77. The second kappa shape index (κ2) is 7.40. The maximum atomic E-state index is 11.6. The van der Waals surface area contributed by atoms with Gasteiger partial charge in [-0.2, -0.15) is 0 Å². The normalized spacial score (nSPS) is 28.4. The molecule has 1 saturated heterocycles. The minimum absolute atomic E-state index is 0. The molecule has 1 fully saturated rings. The second-order valence-electron chi connectivity index (χ2n) is 5.77. The number of carboxylic acids is 1. The Hall–Kier alpha value is -2.50. The molecule has 1 aliphatic heterocycles. The molecule has 10 heteroatoms. The number of hydrogen-bond donors (Lipinski definition) is 4. The van der Waals surface area contributed by atoms with Gasteiger partial charge in [0.25, 0.3) is 0 Å². The van der Waals surface area contributed by atoms with Crippen LogP contribution < -0.4 is 10.4 Å². The van der Waals surface area contributed by atoms with Crippen LogP contribution in [-0.2, 0) is 9.53 Å². The first-order valence-corrected chi connectivity index (χ1v) is 7.41. The van der Waals surface area contributed by atoms with Crippen molar-refractivity contribution in [3.05, 3.63) is 40.2 Å². The molecule has 0 radical (unpaired) electrons. The van der Waals surface area contributed by atoms with Crippen LogP contribution in [0.1, 0.15) is 5.56 Å². The molecule has 3 rings (SSSR count). The van der Waals surface area contributed by atoms with Crippen LogP contribution in [0.15, 0.2) is 33.5 Å². The minimum atomic E-state index is -1.80. The molecule has 0 saturated carbocycles. The predicted octanol–water partition coefficient (Wildman–Crippen LogP) is -1.45. The molecule has 1 aliphatic rings. The third-order valence-corrected chi connectivity index (χ3v) is 3.95. The number of fused-ring (bicyclic) bond motifs is 1. The smallest absolute Gasteiger partial charge is 0.339 e. The van der Waals surface area contributed by atoms with Gasteiger partial charge in [-0.1, -0.05) is 0 Å². The maximum Gasteiger partial charge on any atom is 0.339 e. The Bertz CT molecular complexity index is 860. The summed E-state index contributed by atoms with van der Waals surface area (Å²) in [5, 5.41) is 39.0. The van der Waals surface area contributed by atoms with Crippen molar-refractivity contribution >= 4 is 16.9 Å². The van der Waals surface area contributed by atoms with Crippen molar-refractivity contribution in [2.75, 3.05) is 0 Å². The van der Waals surface area contributed by atoms with E-state index in [1.54, 1.807) is 19.1 Å². The van der Waals surface area contributed by atoms with Gasteiger partial charge in [-0.05, 0) is 25.1 Å². The molecule has 0 aliphatic carbocycles. The van der Waals surface area contributed by atoms with E-state index in [-0.39, 0.29) is 16.8 Å². The molecule has 6 N–H and O–H groups in total. The number of aryl methyl sites for hydroxylation is 1. The number of carbonyl (C=O) groups is 1. The summed E-state index contributed by atoms with van der Waals surface area (Å²) >= 11 is 0. The van der Waals surface area contributed by atoms with Gasteiger partial charge in [-0.15, -0.1) is 0 Å². The summed E-state index contributed by atoms with van der Waals surface area (Å²) in [6.07, 6.45) is -8.53. The van der Waals surface area contributed by atoms with Crippen LogP contribution in [0, 0.1) is 6.92 Å². The zero-order valence-electron chi connectivity index (χ0n) is 13.5. The largest absolute Gasteiger partial charge is 0.479 e.